The van der Waals surface area contributed by atoms with Crippen molar-refractivity contribution in [1.29, 1.82) is 0 Å². The molecule has 1 heterocycles. The molecule has 0 radical (unpaired) electrons. The van der Waals surface area contributed by atoms with Crippen molar-refractivity contribution in [2.75, 3.05) is 37.9 Å². The first kappa shape index (κ1) is 16.8. The van der Waals surface area contributed by atoms with Crippen LogP contribution in [0.1, 0.15) is 11.1 Å². The van der Waals surface area contributed by atoms with E-state index in [4.69, 9.17) is 0 Å². The average Bonchev–Trinajstić information content (AvgIpc) is 2.46. The summed E-state index contributed by atoms with van der Waals surface area (Å²) in [6.45, 7) is 2.49. The molecule has 2 rings (SSSR count). The maximum Gasteiger partial charge on any atom is 0.164 e. The van der Waals surface area contributed by atoms with Crippen LogP contribution in [-0.4, -0.2) is 56.6 Å². The molecule has 0 amide bonds. The molecule has 1 atom stereocenters. The van der Waals surface area contributed by atoms with Crippen LogP contribution in [0.2, 0.25) is 0 Å². The molecule has 0 aromatic heterocycles. The Morgan fingerprint density at radius 2 is 2.05 bits per heavy atom. The van der Waals surface area contributed by atoms with Gasteiger partial charge in [0.2, 0.25) is 0 Å². The maximum atomic E-state index is 12.0. The van der Waals surface area contributed by atoms with Crippen LogP contribution in [-0.2, 0) is 22.8 Å². The number of likely N-dealkylation sites (N-methyl/N-ethyl adjacent to an activating group) is 1. The number of sulfone groups is 1. The summed E-state index contributed by atoms with van der Waals surface area (Å²) in [5, 5.41) is 2.81. The predicted octanol–water partition coefficient (Wildman–Crippen LogP) is 1.37. The van der Waals surface area contributed by atoms with Crippen LogP contribution >= 0.6 is 11.8 Å². The molecule has 1 saturated heterocycles. The summed E-state index contributed by atoms with van der Waals surface area (Å²) in [6.07, 6.45) is 2.32. The zero-order chi connectivity index (χ0) is 15.3. The minimum absolute atomic E-state index is 0.353. The lowest BCUT2D eigenvalue weighted by Gasteiger charge is -2.34. The standard InChI is InChI=1S/C15H24N2O2S2/c1-16-8-7-13-5-3-4-6-14(13)11-17-9-10-20-12-15(17)21(2,18)19/h3-6,15-16H,7-12H2,1-2H3. The zero-order valence-electron chi connectivity index (χ0n) is 12.7. The molecule has 0 saturated carbocycles. The molecule has 4 nitrogen and oxygen atoms in total. The Labute approximate surface area is 132 Å². The van der Waals surface area contributed by atoms with Gasteiger partial charge in [-0.05, 0) is 31.1 Å². The fraction of sp³-hybridized carbons (Fsp3) is 0.600. The van der Waals surface area contributed by atoms with Crippen LogP contribution in [0.5, 0.6) is 0 Å². The van der Waals surface area contributed by atoms with Crippen molar-refractivity contribution >= 4 is 21.6 Å². The summed E-state index contributed by atoms with van der Waals surface area (Å²) < 4.78 is 24.0. The Morgan fingerprint density at radius 3 is 2.71 bits per heavy atom. The second kappa shape index (κ2) is 7.63. The molecule has 6 heteroatoms. The molecule has 1 aromatic rings. The molecule has 0 spiro atoms. The van der Waals surface area contributed by atoms with E-state index in [9.17, 15) is 8.42 Å². The second-order valence-electron chi connectivity index (χ2n) is 5.45. The van der Waals surface area contributed by atoms with Crippen LogP contribution in [0, 0.1) is 0 Å². The van der Waals surface area contributed by atoms with Gasteiger partial charge in [-0.2, -0.15) is 11.8 Å². The fourth-order valence-corrected chi connectivity index (χ4v) is 5.57. The minimum Gasteiger partial charge on any atom is -0.319 e. The average molecular weight is 329 g/mol. The highest BCUT2D eigenvalue weighted by atomic mass is 32.2. The molecule has 1 aliphatic rings. The normalized spacial score (nSPS) is 20.6. The smallest absolute Gasteiger partial charge is 0.164 e. The van der Waals surface area contributed by atoms with Crippen LogP contribution in [0.15, 0.2) is 24.3 Å². The molecule has 21 heavy (non-hydrogen) atoms. The van der Waals surface area contributed by atoms with Crippen molar-refractivity contribution < 1.29 is 8.42 Å². The Hall–Kier alpha value is -0.560. The van der Waals surface area contributed by atoms with Gasteiger partial charge in [0, 0.05) is 30.9 Å². The molecule has 1 unspecified atom stereocenters. The van der Waals surface area contributed by atoms with E-state index < -0.39 is 9.84 Å². The summed E-state index contributed by atoms with van der Waals surface area (Å²) in [7, 11) is -1.08. The third kappa shape index (κ3) is 4.71. The fourth-order valence-electron chi connectivity index (χ4n) is 2.62. The van der Waals surface area contributed by atoms with E-state index in [-0.39, 0.29) is 5.37 Å². The number of nitrogens with zero attached hydrogens (tertiary/aromatic N) is 1. The van der Waals surface area contributed by atoms with Gasteiger partial charge in [-0.3, -0.25) is 4.90 Å². The van der Waals surface area contributed by atoms with Gasteiger partial charge in [0.15, 0.2) is 9.84 Å². The zero-order valence-corrected chi connectivity index (χ0v) is 14.3. The lowest BCUT2D eigenvalue weighted by molar-refractivity contribution is 0.261. The first-order chi connectivity index (χ1) is 10.0. The van der Waals surface area contributed by atoms with Gasteiger partial charge < -0.3 is 5.32 Å². The van der Waals surface area contributed by atoms with Gasteiger partial charge in [0.05, 0.1) is 0 Å². The quantitative estimate of drug-likeness (QED) is 0.855. The minimum atomic E-state index is -3.03. The van der Waals surface area contributed by atoms with E-state index in [0.29, 0.717) is 5.75 Å². The number of hydrogen-bond acceptors (Lipinski definition) is 5. The number of rotatable bonds is 6. The molecule has 1 aromatic carbocycles. The number of benzene rings is 1. The topological polar surface area (TPSA) is 49.4 Å². The van der Waals surface area contributed by atoms with Crippen LogP contribution in [0.3, 0.4) is 0 Å². The first-order valence-corrected chi connectivity index (χ1v) is 10.4. The lowest BCUT2D eigenvalue weighted by atomic mass is 10.0. The van der Waals surface area contributed by atoms with E-state index in [1.165, 1.54) is 17.4 Å². The molecule has 0 aliphatic carbocycles. The van der Waals surface area contributed by atoms with Crippen LogP contribution < -0.4 is 5.32 Å². The third-order valence-corrected chi connectivity index (χ3v) is 6.51. The van der Waals surface area contributed by atoms with Crippen molar-refractivity contribution in [3.63, 3.8) is 0 Å². The molecule has 118 valence electrons. The highest BCUT2D eigenvalue weighted by Crippen LogP contribution is 2.23. The van der Waals surface area contributed by atoms with Gasteiger partial charge in [-0.25, -0.2) is 8.42 Å². The number of nitrogens with one attached hydrogen (secondary N) is 1. The van der Waals surface area contributed by atoms with Crippen molar-refractivity contribution in [2.45, 2.75) is 18.3 Å². The first-order valence-electron chi connectivity index (χ1n) is 7.24. The van der Waals surface area contributed by atoms with Crippen LogP contribution in [0.4, 0.5) is 0 Å². The summed E-state index contributed by atoms with van der Waals surface area (Å²) in [5.41, 5.74) is 2.55. The summed E-state index contributed by atoms with van der Waals surface area (Å²) >= 11 is 1.73. The molecule has 1 N–H and O–H groups in total. The van der Waals surface area contributed by atoms with E-state index >= 15 is 0 Å². The van der Waals surface area contributed by atoms with Gasteiger partial charge in [-0.15, -0.1) is 0 Å². The Bertz CT molecular complexity index is 561. The van der Waals surface area contributed by atoms with E-state index in [1.807, 2.05) is 13.1 Å². The van der Waals surface area contributed by atoms with Gasteiger partial charge in [0.25, 0.3) is 0 Å². The Kier molecular flexibility index (Phi) is 6.10. The second-order valence-corrected chi connectivity index (χ2v) is 8.80. The molecular formula is C15H24N2O2S2. The molecule has 0 bridgehead atoms. The lowest BCUT2D eigenvalue weighted by Crippen LogP contribution is -2.46. The number of thioether (sulfide) groups is 1. The third-order valence-electron chi connectivity index (χ3n) is 3.82. The summed E-state index contributed by atoms with van der Waals surface area (Å²) in [4.78, 5) is 2.12. The predicted molar refractivity (Wildman–Crippen MR) is 90.4 cm³/mol. The van der Waals surface area contributed by atoms with Crippen molar-refractivity contribution in [1.82, 2.24) is 10.2 Å². The van der Waals surface area contributed by atoms with Crippen LogP contribution in [0.25, 0.3) is 0 Å². The van der Waals surface area contributed by atoms with Crippen molar-refractivity contribution in [3.05, 3.63) is 35.4 Å². The van der Waals surface area contributed by atoms with Gasteiger partial charge >= 0.3 is 0 Å². The monoisotopic (exact) mass is 328 g/mol. The number of hydrogen-bond donors (Lipinski definition) is 1. The molecule has 1 aliphatic heterocycles. The largest absolute Gasteiger partial charge is 0.319 e. The highest BCUT2D eigenvalue weighted by molar-refractivity contribution is 8.00. The van der Waals surface area contributed by atoms with E-state index in [2.05, 4.69) is 28.4 Å². The molecular weight excluding hydrogens is 304 g/mol. The van der Waals surface area contributed by atoms with Gasteiger partial charge in [0.1, 0.15) is 5.37 Å². The summed E-state index contributed by atoms with van der Waals surface area (Å²) in [5.74, 6) is 1.68. The van der Waals surface area contributed by atoms with E-state index in [0.717, 1.165) is 31.8 Å². The molecule has 1 fully saturated rings. The Morgan fingerprint density at radius 1 is 1.33 bits per heavy atom. The van der Waals surface area contributed by atoms with E-state index in [1.54, 1.807) is 11.8 Å². The SMILES string of the molecule is CNCCc1ccccc1CN1CCSCC1S(C)(=O)=O. The maximum absolute atomic E-state index is 12.0. The Balaban J connectivity index is 2.16. The van der Waals surface area contributed by atoms with Crippen molar-refractivity contribution in [3.8, 4) is 0 Å². The van der Waals surface area contributed by atoms with Crippen molar-refractivity contribution in [2.24, 2.45) is 0 Å². The van der Waals surface area contributed by atoms with Gasteiger partial charge in [-0.1, -0.05) is 24.3 Å². The summed E-state index contributed by atoms with van der Waals surface area (Å²) in [6, 6.07) is 8.34. The highest BCUT2D eigenvalue weighted by Gasteiger charge is 2.31.